The fraction of sp³-hybridized carbons (Fsp3) is 0.231. The predicted octanol–water partition coefficient (Wildman–Crippen LogP) is 5.97. The number of benzene rings is 4. The average molecular weight is 741 g/mol. The van der Waals surface area contributed by atoms with Gasteiger partial charge in [0, 0.05) is 23.1 Å². The lowest BCUT2D eigenvalue weighted by molar-refractivity contribution is -0.185. The van der Waals surface area contributed by atoms with Crippen LogP contribution in [0, 0.1) is 0 Å². The lowest BCUT2D eigenvalue weighted by Gasteiger charge is -2.27. The van der Waals surface area contributed by atoms with Crippen LogP contribution in [0.25, 0.3) is 16.6 Å². The third-order valence-electron chi connectivity index (χ3n) is 8.16. The molecule has 274 valence electrons. The fourth-order valence-electron chi connectivity index (χ4n) is 5.58. The summed E-state index contributed by atoms with van der Waals surface area (Å²) in [6.07, 6.45) is 0.847. The van der Waals surface area contributed by atoms with Gasteiger partial charge in [0.15, 0.2) is 11.5 Å². The molecule has 1 aliphatic rings. The van der Waals surface area contributed by atoms with E-state index in [1.54, 1.807) is 80.6 Å². The van der Waals surface area contributed by atoms with Gasteiger partial charge in [-0.25, -0.2) is 14.4 Å². The normalized spacial score (nSPS) is 14.9. The summed E-state index contributed by atoms with van der Waals surface area (Å²) < 4.78 is 40.5. The molecule has 1 unspecified atom stereocenters. The summed E-state index contributed by atoms with van der Waals surface area (Å²) >= 11 is 1.06. The lowest BCUT2D eigenvalue weighted by atomic mass is 9.87. The number of hydrogen-bond donors (Lipinski definition) is 1. The summed E-state index contributed by atoms with van der Waals surface area (Å²) in [6, 6.07) is 21.4. The number of aldehydes is 1. The van der Waals surface area contributed by atoms with Crippen molar-refractivity contribution in [3.63, 3.8) is 0 Å². The molecule has 0 radical (unpaired) electrons. The molecule has 0 spiro atoms. The number of esters is 3. The number of rotatable bonds is 12. The SMILES string of the molecule is CCOC(=O)c1ccc(C=O)cc1.CCOC(=O)c1ccc(CC2=C(c3ccc4nsnc4c3)C(=O)OC2(O)c2cc(OC)c(OC)c(OC)c2)cc1. The van der Waals surface area contributed by atoms with E-state index in [0.717, 1.165) is 23.6 Å². The zero-order valence-corrected chi connectivity index (χ0v) is 30.4. The minimum atomic E-state index is -2.17. The monoisotopic (exact) mass is 740 g/mol. The molecule has 5 aromatic rings. The molecule has 1 N–H and O–H groups in total. The van der Waals surface area contributed by atoms with Gasteiger partial charge in [0.05, 0.1) is 63.0 Å². The summed E-state index contributed by atoms with van der Waals surface area (Å²) in [5, 5.41) is 12.1. The molecule has 1 aromatic heterocycles. The Balaban J connectivity index is 0.000000352. The van der Waals surface area contributed by atoms with Crippen LogP contribution in [-0.2, 0) is 31.2 Å². The van der Waals surface area contributed by atoms with Gasteiger partial charge in [-0.05, 0) is 73.5 Å². The molecule has 0 fully saturated rings. The number of ether oxygens (including phenoxy) is 6. The van der Waals surface area contributed by atoms with Crippen molar-refractivity contribution in [2.45, 2.75) is 26.1 Å². The first-order valence-electron chi connectivity index (χ1n) is 16.3. The molecule has 4 aromatic carbocycles. The van der Waals surface area contributed by atoms with Gasteiger partial charge in [0.25, 0.3) is 5.79 Å². The molecular weight excluding hydrogens is 704 g/mol. The molecule has 6 rings (SSSR count). The van der Waals surface area contributed by atoms with E-state index in [0.29, 0.717) is 45.6 Å². The van der Waals surface area contributed by atoms with Crippen molar-refractivity contribution in [3.05, 3.63) is 118 Å². The number of nitrogens with zero attached hydrogens (tertiary/aromatic N) is 2. The van der Waals surface area contributed by atoms with Crippen molar-refractivity contribution >= 4 is 52.5 Å². The summed E-state index contributed by atoms with van der Waals surface area (Å²) in [5.74, 6) is -2.80. The van der Waals surface area contributed by atoms with E-state index < -0.39 is 17.7 Å². The van der Waals surface area contributed by atoms with Gasteiger partial charge in [-0.15, -0.1) is 0 Å². The smallest absolute Gasteiger partial charge is 0.342 e. The maximum Gasteiger partial charge on any atom is 0.342 e. The van der Waals surface area contributed by atoms with E-state index >= 15 is 0 Å². The topological polar surface area (TPSA) is 170 Å². The van der Waals surface area contributed by atoms with Crippen LogP contribution in [0.4, 0.5) is 0 Å². The minimum absolute atomic E-state index is 0.116. The second-order valence-corrected chi connectivity index (χ2v) is 11.9. The highest BCUT2D eigenvalue weighted by Crippen LogP contribution is 2.49. The first-order valence-corrected chi connectivity index (χ1v) is 17.0. The van der Waals surface area contributed by atoms with Crippen LogP contribution in [0.15, 0.2) is 84.4 Å². The van der Waals surface area contributed by atoms with Gasteiger partial charge in [0.2, 0.25) is 5.75 Å². The third kappa shape index (κ3) is 8.19. The van der Waals surface area contributed by atoms with Crippen LogP contribution in [0.5, 0.6) is 17.2 Å². The molecule has 0 saturated carbocycles. The molecule has 1 aliphatic heterocycles. The van der Waals surface area contributed by atoms with Gasteiger partial charge in [-0.2, -0.15) is 8.75 Å². The number of cyclic esters (lactones) is 1. The van der Waals surface area contributed by atoms with E-state index in [1.165, 1.54) is 33.5 Å². The molecule has 2 heterocycles. The predicted molar refractivity (Wildman–Crippen MR) is 194 cm³/mol. The summed E-state index contributed by atoms with van der Waals surface area (Å²) in [6.45, 7) is 4.10. The zero-order valence-electron chi connectivity index (χ0n) is 29.5. The first kappa shape index (κ1) is 38.1. The highest BCUT2D eigenvalue weighted by molar-refractivity contribution is 7.00. The van der Waals surface area contributed by atoms with Crippen LogP contribution in [0.1, 0.15) is 61.6 Å². The second kappa shape index (κ2) is 16.9. The van der Waals surface area contributed by atoms with Crippen molar-refractivity contribution in [2.75, 3.05) is 34.5 Å². The minimum Gasteiger partial charge on any atom is -0.493 e. The Hall–Kier alpha value is -6.12. The maximum absolute atomic E-state index is 13.5. The standard InChI is InChI=1S/C29H26N2O8S.C10H10O3/c1-5-38-27(32)17-8-6-16(7-9-17)12-20-25(18-10-11-21-22(13-18)31-40-30-21)28(33)39-29(20,34)19-14-23(35-2)26(37-4)24(15-19)36-3;1-2-13-10(12)9-5-3-8(7-11)4-6-9/h6-11,13-15,34H,5,12H2,1-4H3;3-7H,2H2,1H3. The van der Waals surface area contributed by atoms with Crippen LogP contribution < -0.4 is 14.2 Å². The number of hydrogen-bond acceptors (Lipinski definition) is 14. The maximum atomic E-state index is 13.5. The van der Waals surface area contributed by atoms with Gasteiger partial charge in [0.1, 0.15) is 17.3 Å². The van der Waals surface area contributed by atoms with E-state index in [-0.39, 0.29) is 47.2 Å². The Kier molecular flexibility index (Phi) is 12.2. The van der Waals surface area contributed by atoms with Crippen molar-refractivity contribution in [3.8, 4) is 17.2 Å². The highest BCUT2D eigenvalue weighted by Gasteiger charge is 2.49. The molecule has 0 bridgehead atoms. The number of fused-ring (bicyclic) bond motifs is 1. The Bertz CT molecular complexity index is 2140. The van der Waals surface area contributed by atoms with Crippen LogP contribution in [-0.4, -0.2) is 72.6 Å². The van der Waals surface area contributed by atoms with E-state index in [2.05, 4.69) is 8.75 Å². The fourth-order valence-corrected chi connectivity index (χ4v) is 6.09. The Labute approximate surface area is 309 Å². The molecular formula is C39H36N2O11S. The average Bonchev–Trinajstić information content (AvgIpc) is 3.75. The van der Waals surface area contributed by atoms with Crippen LogP contribution >= 0.6 is 11.7 Å². The summed E-state index contributed by atoms with van der Waals surface area (Å²) in [5.41, 5.74) is 4.65. The van der Waals surface area contributed by atoms with Crippen molar-refractivity contribution in [1.82, 2.24) is 8.75 Å². The number of methoxy groups -OCH3 is 3. The molecule has 53 heavy (non-hydrogen) atoms. The zero-order chi connectivity index (χ0) is 38.1. The van der Waals surface area contributed by atoms with Gasteiger partial charge in [-0.1, -0.05) is 30.3 Å². The van der Waals surface area contributed by atoms with Crippen molar-refractivity contribution in [2.24, 2.45) is 0 Å². The Morgan fingerprint density at radius 2 is 1.36 bits per heavy atom. The number of aromatic nitrogens is 2. The van der Waals surface area contributed by atoms with Crippen molar-refractivity contribution < 1.29 is 52.7 Å². The molecule has 0 amide bonds. The second-order valence-electron chi connectivity index (χ2n) is 11.3. The number of carbonyl (C=O) groups excluding carboxylic acids is 4. The number of carbonyl (C=O) groups is 4. The first-order chi connectivity index (χ1) is 25.6. The number of aliphatic hydroxyl groups is 1. The molecule has 14 heteroatoms. The van der Waals surface area contributed by atoms with E-state index in [9.17, 15) is 24.3 Å². The quantitative estimate of drug-likeness (QED) is 0.0903. The van der Waals surface area contributed by atoms with Gasteiger partial charge in [-0.3, -0.25) is 4.79 Å². The molecule has 0 saturated heterocycles. The van der Waals surface area contributed by atoms with Gasteiger partial charge >= 0.3 is 17.9 Å². The largest absolute Gasteiger partial charge is 0.493 e. The Morgan fingerprint density at radius 1 is 0.792 bits per heavy atom. The summed E-state index contributed by atoms with van der Waals surface area (Å²) in [7, 11) is 4.38. The third-order valence-corrected chi connectivity index (χ3v) is 8.71. The van der Waals surface area contributed by atoms with E-state index in [4.69, 9.17) is 28.4 Å². The lowest BCUT2D eigenvalue weighted by Crippen LogP contribution is -2.30. The van der Waals surface area contributed by atoms with Crippen LogP contribution in [0.2, 0.25) is 0 Å². The summed E-state index contributed by atoms with van der Waals surface area (Å²) in [4.78, 5) is 47.0. The van der Waals surface area contributed by atoms with Gasteiger partial charge < -0.3 is 33.5 Å². The molecule has 1 atom stereocenters. The van der Waals surface area contributed by atoms with E-state index in [1.807, 2.05) is 0 Å². The molecule has 0 aliphatic carbocycles. The highest BCUT2D eigenvalue weighted by atomic mass is 32.1. The van der Waals surface area contributed by atoms with Crippen molar-refractivity contribution in [1.29, 1.82) is 0 Å². The Morgan fingerprint density at radius 3 is 1.89 bits per heavy atom. The molecule has 13 nitrogen and oxygen atoms in total. The van der Waals surface area contributed by atoms with Crippen LogP contribution in [0.3, 0.4) is 0 Å².